The first-order chi connectivity index (χ1) is 19.8. The summed E-state index contributed by atoms with van der Waals surface area (Å²) in [6.45, 7) is 9.75. The van der Waals surface area contributed by atoms with Crippen molar-refractivity contribution in [3.8, 4) is 5.82 Å². The third-order valence-electron chi connectivity index (χ3n) is 5.83. The van der Waals surface area contributed by atoms with Crippen LogP contribution in [-0.4, -0.2) is 68.5 Å². The molecule has 0 unspecified atom stereocenters. The number of aromatic nitrogens is 4. The van der Waals surface area contributed by atoms with Crippen molar-refractivity contribution in [2.75, 3.05) is 12.8 Å². The van der Waals surface area contributed by atoms with Gasteiger partial charge in [0.25, 0.3) is 0 Å². The number of esters is 4. The molecule has 13 nitrogen and oxygen atoms in total. The highest BCUT2D eigenvalue weighted by molar-refractivity contribution is 6.31. The first-order valence-electron chi connectivity index (χ1n) is 13.0. The summed E-state index contributed by atoms with van der Waals surface area (Å²) in [5.41, 5.74) is 5.58. The van der Waals surface area contributed by atoms with Gasteiger partial charge in [-0.15, -0.1) is 0 Å². The van der Waals surface area contributed by atoms with Gasteiger partial charge in [-0.2, -0.15) is 9.78 Å². The van der Waals surface area contributed by atoms with Gasteiger partial charge >= 0.3 is 23.9 Å². The molecule has 0 saturated heterocycles. The van der Waals surface area contributed by atoms with E-state index < -0.39 is 47.8 Å². The molecule has 0 amide bonds. The molecule has 0 saturated carbocycles. The lowest BCUT2D eigenvalue weighted by Gasteiger charge is -2.14. The number of fused-ring (bicyclic) bond motifs is 3. The van der Waals surface area contributed by atoms with E-state index in [1.807, 2.05) is 0 Å². The number of methoxy groups -OCH3 is 1. The number of carbonyl (C=O) groups is 4. The summed E-state index contributed by atoms with van der Waals surface area (Å²) in [7, 11) is 1.18. The number of rotatable bonds is 8. The molecule has 42 heavy (non-hydrogen) atoms. The third-order valence-corrected chi connectivity index (χ3v) is 6.06. The van der Waals surface area contributed by atoms with Crippen molar-refractivity contribution in [2.24, 2.45) is 0 Å². The third kappa shape index (κ3) is 5.47. The van der Waals surface area contributed by atoms with Gasteiger partial charge in [-0.05, 0) is 59.7 Å². The zero-order chi connectivity index (χ0) is 31.0. The van der Waals surface area contributed by atoms with Crippen molar-refractivity contribution in [2.45, 2.75) is 59.9 Å². The van der Waals surface area contributed by atoms with E-state index in [1.165, 1.54) is 23.8 Å². The van der Waals surface area contributed by atoms with Crippen LogP contribution in [0.3, 0.4) is 0 Å². The first-order valence-corrected chi connectivity index (χ1v) is 13.4. The molecule has 3 heterocycles. The fourth-order valence-corrected chi connectivity index (χ4v) is 4.48. The van der Waals surface area contributed by atoms with Gasteiger partial charge in [0.2, 0.25) is 0 Å². The number of nitrogen functional groups attached to an aromatic ring is 1. The highest BCUT2D eigenvalue weighted by Gasteiger charge is 2.38. The van der Waals surface area contributed by atoms with Gasteiger partial charge in [0, 0.05) is 5.02 Å². The summed E-state index contributed by atoms with van der Waals surface area (Å²) in [4.78, 5) is 58.2. The number of hydrogen-bond donors (Lipinski definition) is 1. The van der Waals surface area contributed by atoms with Crippen LogP contribution in [0, 0.1) is 0 Å². The Morgan fingerprint density at radius 3 is 2.00 bits per heavy atom. The smallest absolute Gasteiger partial charge is 0.356 e. The van der Waals surface area contributed by atoms with E-state index in [4.69, 9.17) is 36.3 Å². The molecule has 0 bridgehead atoms. The Bertz CT molecular complexity index is 1740. The summed E-state index contributed by atoms with van der Waals surface area (Å²) >= 11 is 6.35. The number of anilines is 1. The van der Waals surface area contributed by atoms with Gasteiger partial charge in [0.15, 0.2) is 5.82 Å². The highest BCUT2D eigenvalue weighted by atomic mass is 35.5. The molecule has 0 aliphatic rings. The van der Waals surface area contributed by atoms with Gasteiger partial charge in [0.05, 0.1) is 42.7 Å². The van der Waals surface area contributed by atoms with Crippen molar-refractivity contribution < 1.29 is 38.1 Å². The second kappa shape index (κ2) is 11.7. The molecule has 3 aromatic heterocycles. The molecule has 14 heteroatoms. The molecule has 0 atom stereocenters. The predicted octanol–water partition coefficient (Wildman–Crippen LogP) is 4.39. The van der Waals surface area contributed by atoms with Crippen LogP contribution < -0.4 is 5.73 Å². The van der Waals surface area contributed by atoms with Crippen LogP contribution >= 0.6 is 11.6 Å². The molecule has 222 valence electrons. The minimum atomic E-state index is -0.982. The van der Waals surface area contributed by atoms with Gasteiger partial charge < -0.3 is 24.7 Å². The normalized spacial score (nSPS) is 11.5. The zero-order valence-corrected chi connectivity index (χ0v) is 24.8. The zero-order valence-electron chi connectivity index (χ0n) is 24.1. The van der Waals surface area contributed by atoms with E-state index in [0.717, 1.165) is 4.68 Å². The molecule has 4 rings (SSSR count). The minimum absolute atomic E-state index is 0.0783. The molecule has 2 N–H and O–H groups in total. The van der Waals surface area contributed by atoms with Crippen molar-refractivity contribution in [3.63, 3.8) is 0 Å². The number of carbonyl (C=O) groups excluding carboxylic acids is 4. The maximum atomic E-state index is 13.8. The van der Waals surface area contributed by atoms with Crippen LogP contribution in [-0.2, 0) is 18.9 Å². The average molecular weight is 600 g/mol. The Labute approximate surface area is 245 Å². The lowest BCUT2D eigenvalue weighted by Crippen LogP contribution is -2.22. The monoisotopic (exact) mass is 599 g/mol. The quantitative estimate of drug-likeness (QED) is 0.225. The van der Waals surface area contributed by atoms with Crippen LogP contribution in [0.1, 0.15) is 83.1 Å². The summed E-state index contributed by atoms with van der Waals surface area (Å²) in [5.74, 6) is -3.90. The molecule has 0 aliphatic carbocycles. The van der Waals surface area contributed by atoms with Crippen LogP contribution in [0.4, 0.5) is 5.82 Å². The Morgan fingerprint density at radius 2 is 1.43 bits per heavy atom. The standard InChI is InChI=1S/C28H30ClN5O8/c1-12(2)40-26(36)19-20(27(37)41-13(3)4)22(28(38)42-14(5)6)33-18-10-15(29)8-9-17(18)32-24(21(19)33)34-23(30)16(11-31-34)25(35)39-7/h8-14H,30H2,1-7H3. The molecular formula is C28H30ClN5O8. The molecular weight excluding hydrogens is 570 g/mol. The topological polar surface area (TPSA) is 166 Å². The van der Waals surface area contributed by atoms with Gasteiger partial charge in [0.1, 0.15) is 33.7 Å². The lowest BCUT2D eigenvalue weighted by atomic mass is 10.1. The fourth-order valence-electron chi connectivity index (χ4n) is 4.31. The SMILES string of the molecule is COC(=O)c1cnn(-c2nc3ccc(Cl)cc3n3c(C(=O)OC(C)C)c(C(=O)OC(C)C)c(C(=O)OC(C)C)c23)c1N. The Hall–Kier alpha value is -4.65. The van der Waals surface area contributed by atoms with Crippen LogP contribution in [0.2, 0.25) is 5.02 Å². The van der Waals surface area contributed by atoms with Gasteiger partial charge in [-0.1, -0.05) is 11.6 Å². The summed E-state index contributed by atoms with van der Waals surface area (Å²) in [5, 5.41) is 4.50. The number of ether oxygens (including phenoxy) is 4. The van der Waals surface area contributed by atoms with E-state index >= 15 is 0 Å². The first kappa shape index (κ1) is 30.3. The molecule has 0 fully saturated rings. The molecule has 1 aromatic carbocycles. The van der Waals surface area contributed by atoms with E-state index in [2.05, 4.69) is 10.1 Å². The molecule has 0 radical (unpaired) electrons. The average Bonchev–Trinajstić information content (AvgIpc) is 3.45. The number of nitrogens with zero attached hydrogens (tertiary/aromatic N) is 4. The minimum Gasteiger partial charge on any atom is -0.465 e. The van der Waals surface area contributed by atoms with Crippen molar-refractivity contribution in [3.05, 3.63) is 51.8 Å². The van der Waals surface area contributed by atoms with E-state index in [-0.39, 0.29) is 50.0 Å². The summed E-state index contributed by atoms with van der Waals surface area (Å²) in [6.07, 6.45) is -0.651. The predicted molar refractivity (Wildman–Crippen MR) is 152 cm³/mol. The summed E-state index contributed by atoms with van der Waals surface area (Å²) in [6, 6.07) is 4.64. The fraction of sp³-hybridized carbons (Fsp3) is 0.357. The number of benzene rings is 1. The van der Waals surface area contributed by atoms with Gasteiger partial charge in [-0.25, -0.2) is 24.2 Å². The Balaban J connectivity index is 2.31. The second-order valence-corrected chi connectivity index (χ2v) is 10.5. The number of halogens is 1. The van der Waals surface area contributed by atoms with E-state index in [0.29, 0.717) is 0 Å². The number of hydrogen-bond acceptors (Lipinski definition) is 11. The van der Waals surface area contributed by atoms with Gasteiger partial charge in [-0.3, -0.25) is 4.40 Å². The van der Waals surface area contributed by atoms with Crippen LogP contribution in [0.5, 0.6) is 0 Å². The maximum absolute atomic E-state index is 13.8. The molecule has 0 spiro atoms. The van der Waals surface area contributed by atoms with Crippen molar-refractivity contribution in [1.29, 1.82) is 0 Å². The highest BCUT2D eigenvalue weighted by Crippen LogP contribution is 2.35. The summed E-state index contributed by atoms with van der Waals surface area (Å²) < 4.78 is 23.8. The van der Waals surface area contributed by atoms with Crippen LogP contribution in [0.15, 0.2) is 24.4 Å². The van der Waals surface area contributed by atoms with Crippen molar-refractivity contribution in [1.82, 2.24) is 19.2 Å². The number of nitrogens with two attached hydrogens (primary N) is 1. The molecule has 0 aliphatic heterocycles. The van der Waals surface area contributed by atoms with E-state index in [1.54, 1.807) is 53.7 Å². The lowest BCUT2D eigenvalue weighted by molar-refractivity contribution is 0.0308. The largest absolute Gasteiger partial charge is 0.465 e. The Kier molecular flexibility index (Phi) is 8.43. The second-order valence-electron chi connectivity index (χ2n) is 10.1. The maximum Gasteiger partial charge on any atom is 0.356 e. The van der Waals surface area contributed by atoms with E-state index in [9.17, 15) is 19.2 Å². The Morgan fingerprint density at radius 1 is 0.857 bits per heavy atom. The van der Waals surface area contributed by atoms with Crippen molar-refractivity contribution >= 4 is 57.8 Å². The van der Waals surface area contributed by atoms with Crippen LogP contribution in [0.25, 0.3) is 22.4 Å². The molecule has 4 aromatic rings.